The van der Waals surface area contributed by atoms with Gasteiger partial charge in [-0.15, -0.1) is 0 Å². The number of phenols is 1. The number of halogens is 1. The lowest BCUT2D eigenvalue weighted by Crippen LogP contribution is -2.39. The predicted molar refractivity (Wildman–Crippen MR) is 148 cm³/mol. The number of aromatic hydroxyl groups is 1. The molecule has 1 unspecified atom stereocenters. The number of carbonyl (C=O) groups excluding carboxylic acids is 2. The van der Waals surface area contributed by atoms with Crippen molar-refractivity contribution in [1.29, 1.82) is 0 Å². The minimum atomic E-state index is -0.897. The minimum Gasteiger partial charge on any atom is -0.505 e. The van der Waals surface area contributed by atoms with Crippen molar-refractivity contribution < 1.29 is 29.3 Å². The fourth-order valence-electron chi connectivity index (χ4n) is 5.33. The van der Waals surface area contributed by atoms with Gasteiger partial charge < -0.3 is 29.0 Å². The standard InChI is InChI=1S/C28H31BrN4O6/c1-16-6-4-8-32-17(2)22(30-27(16)32)25(35)21-23(18-14-19(29)24(34)20(15-18)38-3)33(28(37)26(21)36)9-5-7-31-10-12-39-13-11-31/h4,6,8,14-15,23,34-35H,5,7,9-13H2,1-3H3. The van der Waals surface area contributed by atoms with Crippen LogP contribution in [0.5, 0.6) is 11.5 Å². The predicted octanol–water partition coefficient (Wildman–Crippen LogP) is 3.57. The lowest BCUT2D eigenvalue weighted by molar-refractivity contribution is -0.140. The monoisotopic (exact) mass is 598 g/mol. The van der Waals surface area contributed by atoms with Crippen molar-refractivity contribution in [1.82, 2.24) is 19.2 Å². The number of morpholine rings is 1. The largest absolute Gasteiger partial charge is 0.505 e. The number of ketones is 1. The van der Waals surface area contributed by atoms with Crippen LogP contribution in [-0.2, 0) is 14.3 Å². The lowest BCUT2D eigenvalue weighted by atomic mass is 9.96. The van der Waals surface area contributed by atoms with Gasteiger partial charge in [-0.1, -0.05) is 6.07 Å². The highest BCUT2D eigenvalue weighted by atomic mass is 79.9. The molecule has 11 heteroatoms. The Kier molecular flexibility index (Phi) is 7.66. The van der Waals surface area contributed by atoms with Gasteiger partial charge in [-0.3, -0.25) is 14.5 Å². The number of rotatable bonds is 7. The number of pyridine rings is 1. The van der Waals surface area contributed by atoms with Crippen LogP contribution >= 0.6 is 15.9 Å². The van der Waals surface area contributed by atoms with E-state index in [2.05, 4.69) is 25.8 Å². The third kappa shape index (κ3) is 4.90. The summed E-state index contributed by atoms with van der Waals surface area (Å²) in [7, 11) is 1.42. The Balaban J connectivity index is 1.60. The average molecular weight is 599 g/mol. The van der Waals surface area contributed by atoms with E-state index in [4.69, 9.17) is 9.47 Å². The fourth-order valence-corrected chi connectivity index (χ4v) is 5.79. The van der Waals surface area contributed by atoms with E-state index in [1.807, 2.05) is 36.6 Å². The second-order valence-electron chi connectivity index (χ2n) is 9.78. The van der Waals surface area contributed by atoms with E-state index < -0.39 is 17.7 Å². The number of ether oxygens (including phenoxy) is 2. The molecule has 0 bridgehead atoms. The summed E-state index contributed by atoms with van der Waals surface area (Å²) in [6.45, 7) is 7.74. The van der Waals surface area contributed by atoms with Crippen LogP contribution < -0.4 is 4.74 Å². The number of amides is 1. The molecule has 0 saturated carbocycles. The number of phenolic OH excluding ortho intramolecular Hbond substituents is 1. The number of likely N-dealkylation sites (tertiary alicyclic amines) is 1. The summed E-state index contributed by atoms with van der Waals surface area (Å²) in [6.07, 6.45) is 2.47. The summed E-state index contributed by atoms with van der Waals surface area (Å²) >= 11 is 3.35. The second kappa shape index (κ2) is 11.0. The molecule has 2 N–H and O–H groups in total. The maximum Gasteiger partial charge on any atom is 0.295 e. The third-order valence-electron chi connectivity index (χ3n) is 7.41. The average Bonchev–Trinajstić information content (AvgIpc) is 3.40. The molecule has 10 nitrogen and oxygen atoms in total. The molecule has 0 radical (unpaired) electrons. The lowest BCUT2D eigenvalue weighted by Gasteiger charge is -2.29. The quantitative estimate of drug-likeness (QED) is 0.241. The maximum atomic E-state index is 13.5. The molecule has 2 fully saturated rings. The number of hydrogen-bond acceptors (Lipinski definition) is 8. The van der Waals surface area contributed by atoms with Crippen molar-refractivity contribution in [2.45, 2.75) is 26.3 Å². The number of aliphatic hydroxyl groups is 1. The Morgan fingerprint density at radius 3 is 2.64 bits per heavy atom. The SMILES string of the molecule is COc1cc(C2C(=C(O)c3nc4c(C)cccn4c3C)C(=O)C(=O)N2CCCN2CCOCC2)cc(Br)c1O. The second-order valence-corrected chi connectivity index (χ2v) is 10.6. The highest BCUT2D eigenvalue weighted by Gasteiger charge is 2.46. The number of Topliss-reactive ketones (excluding diaryl/α,β-unsaturated/α-hetero) is 1. The number of carbonyl (C=O) groups is 2. The molecule has 5 rings (SSSR count). The first-order chi connectivity index (χ1) is 18.7. The van der Waals surface area contributed by atoms with Crippen LogP contribution in [0.4, 0.5) is 0 Å². The van der Waals surface area contributed by atoms with Crippen LogP contribution in [0.1, 0.15) is 35.0 Å². The van der Waals surface area contributed by atoms with Gasteiger partial charge in [-0.2, -0.15) is 0 Å². The summed E-state index contributed by atoms with van der Waals surface area (Å²) in [5.74, 6) is -1.72. The van der Waals surface area contributed by atoms with Crippen molar-refractivity contribution in [2.75, 3.05) is 46.5 Å². The van der Waals surface area contributed by atoms with Gasteiger partial charge in [-0.05, 0) is 65.5 Å². The zero-order valence-corrected chi connectivity index (χ0v) is 23.7. The maximum absolute atomic E-state index is 13.5. The van der Waals surface area contributed by atoms with Crippen molar-refractivity contribution in [2.24, 2.45) is 0 Å². The number of hydrogen-bond donors (Lipinski definition) is 2. The normalized spacial score (nSPS) is 19.8. The van der Waals surface area contributed by atoms with E-state index in [-0.39, 0.29) is 28.5 Å². The fraction of sp³-hybridized carbons (Fsp3) is 0.393. The summed E-state index contributed by atoms with van der Waals surface area (Å²) < 4.78 is 13.0. The molecule has 39 heavy (non-hydrogen) atoms. The summed E-state index contributed by atoms with van der Waals surface area (Å²) in [4.78, 5) is 35.3. The number of benzene rings is 1. The number of imidazole rings is 1. The van der Waals surface area contributed by atoms with Gasteiger partial charge in [0.1, 0.15) is 11.3 Å². The van der Waals surface area contributed by atoms with Crippen molar-refractivity contribution in [3.05, 3.63) is 63.0 Å². The number of aromatic nitrogens is 2. The first-order valence-electron chi connectivity index (χ1n) is 12.8. The Morgan fingerprint density at radius 1 is 1.21 bits per heavy atom. The molecule has 3 aromatic rings. The third-order valence-corrected chi connectivity index (χ3v) is 8.02. The molecule has 0 aliphatic carbocycles. The molecule has 1 atom stereocenters. The smallest absolute Gasteiger partial charge is 0.295 e. The van der Waals surface area contributed by atoms with Crippen LogP contribution in [-0.4, -0.2) is 87.6 Å². The minimum absolute atomic E-state index is 0.0461. The van der Waals surface area contributed by atoms with Crippen molar-refractivity contribution in [3.63, 3.8) is 0 Å². The van der Waals surface area contributed by atoms with Crippen molar-refractivity contribution >= 4 is 39.0 Å². The Labute approximate surface area is 234 Å². The van der Waals surface area contributed by atoms with E-state index in [9.17, 15) is 19.8 Å². The van der Waals surface area contributed by atoms with Crippen LogP contribution in [0, 0.1) is 13.8 Å². The number of nitrogens with zero attached hydrogens (tertiary/aromatic N) is 4. The number of aliphatic hydroxyl groups excluding tert-OH is 1. The van der Waals surface area contributed by atoms with Gasteiger partial charge in [0, 0.05) is 32.4 Å². The van der Waals surface area contributed by atoms with E-state index in [0.29, 0.717) is 47.6 Å². The molecule has 2 aliphatic heterocycles. The molecular weight excluding hydrogens is 568 g/mol. The molecule has 4 heterocycles. The molecule has 2 aromatic heterocycles. The van der Waals surface area contributed by atoms with Gasteiger partial charge in [0.05, 0.1) is 42.1 Å². The zero-order valence-electron chi connectivity index (χ0n) is 22.1. The van der Waals surface area contributed by atoms with Crippen LogP contribution in [0.25, 0.3) is 11.4 Å². The van der Waals surface area contributed by atoms with E-state index in [1.165, 1.54) is 12.0 Å². The summed E-state index contributed by atoms with van der Waals surface area (Å²) in [5.41, 5.74) is 2.92. The van der Waals surface area contributed by atoms with Crippen molar-refractivity contribution in [3.8, 4) is 11.5 Å². The summed E-state index contributed by atoms with van der Waals surface area (Å²) in [5, 5.41) is 22.0. The van der Waals surface area contributed by atoms with Gasteiger partial charge in [-0.25, -0.2) is 4.98 Å². The number of methoxy groups -OCH3 is 1. The van der Waals surface area contributed by atoms with Gasteiger partial charge >= 0.3 is 0 Å². The first-order valence-corrected chi connectivity index (χ1v) is 13.6. The number of aryl methyl sites for hydroxylation is 2. The van der Waals surface area contributed by atoms with Gasteiger partial charge in [0.15, 0.2) is 17.3 Å². The molecule has 0 spiro atoms. The number of fused-ring (bicyclic) bond motifs is 1. The zero-order chi connectivity index (χ0) is 27.8. The first kappa shape index (κ1) is 27.2. The van der Waals surface area contributed by atoms with E-state index >= 15 is 0 Å². The highest BCUT2D eigenvalue weighted by Crippen LogP contribution is 2.44. The van der Waals surface area contributed by atoms with E-state index in [0.717, 1.165) is 25.2 Å². The Morgan fingerprint density at radius 2 is 1.95 bits per heavy atom. The van der Waals surface area contributed by atoms with Crippen LogP contribution in [0.15, 0.2) is 40.5 Å². The Hall–Kier alpha value is -3.41. The van der Waals surface area contributed by atoms with Crippen LogP contribution in [0.3, 0.4) is 0 Å². The molecule has 1 amide bonds. The molecule has 2 aliphatic rings. The van der Waals surface area contributed by atoms with E-state index in [1.54, 1.807) is 12.1 Å². The molecule has 1 aromatic carbocycles. The topological polar surface area (TPSA) is 117 Å². The highest BCUT2D eigenvalue weighted by molar-refractivity contribution is 9.10. The molecule has 206 valence electrons. The Bertz CT molecular complexity index is 1480. The van der Waals surface area contributed by atoms with Gasteiger partial charge in [0.25, 0.3) is 11.7 Å². The van der Waals surface area contributed by atoms with Crippen LogP contribution in [0.2, 0.25) is 0 Å². The molecule has 2 saturated heterocycles. The summed E-state index contributed by atoms with van der Waals surface area (Å²) in [6, 6.07) is 6.12. The van der Waals surface area contributed by atoms with Gasteiger partial charge in [0.2, 0.25) is 0 Å². The molecular formula is C28H31BrN4O6.